The highest BCUT2D eigenvalue weighted by Crippen LogP contribution is 2.18. The molecular weight excluding hydrogens is 451 g/mol. The van der Waals surface area contributed by atoms with Gasteiger partial charge in [-0.2, -0.15) is 0 Å². The molecule has 1 N–H and O–H groups in total. The Morgan fingerprint density at radius 2 is 1.70 bits per heavy atom. The Balaban J connectivity index is 2.19. The first kappa shape index (κ1) is 23.9. The molecule has 0 aliphatic rings. The van der Waals surface area contributed by atoms with Crippen LogP contribution in [0.3, 0.4) is 0 Å². The van der Waals surface area contributed by atoms with Crippen molar-refractivity contribution in [3.63, 3.8) is 0 Å². The van der Waals surface area contributed by atoms with E-state index in [1.54, 1.807) is 24.3 Å². The quantitative estimate of drug-likeness (QED) is 0.538. The first-order valence-corrected chi connectivity index (χ1v) is 10.9. The lowest BCUT2D eigenvalue weighted by Gasteiger charge is -2.31. The molecule has 30 heavy (non-hydrogen) atoms. The van der Waals surface area contributed by atoms with Gasteiger partial charge in [-0.3, -0.25) is 9.59 Å². The van der Waals surface area contributed by atoms with Gasteiger partial charge in [-0.05, 0) is 61.7 Å². The smallest absolute Gasteiger partial charge is 0.261 e. The lowest BCUT2D eigenvalue weighted by atomic mass is 10.1. The number of rotatable bonds is 10. The van der Waals surface area contributed by atoms with E-state index in [1.807, 2.05) is 32.9 Å². The van der Waals surface area contributed by atoms with Gasteiger partial charge in [0.15, 0.2) is 6.61 Å². The van der Waals surface area contributed by atoms with E-state index in [4.69, 9.17) is 4.74 Å². The average Bonchev–Trinajstić information content (AvgIpc) is 2.74. The number of ether oxygens (including phenoxy) is 1. The fourth-order valence-electron chi connectivity index (χ4n) is 2.91. The maximum absolute atomic E-state index is 13.3. The van der Waals surface area contributed by atoms with Crippen LogP contribution in [0.5, 0.6) is 5.75 Å². The highest BCUT2D eigenvalue weighted by atomic mass is 79.9. The van der Waals surface area contributed by atoms with Gasteiger partial charge in [-0.15, -0.1) is 0 Å². The summed E-state index contributed by atoms with van der Waals surface area (Å²) < 4.78 is 19.8. The molecule has 0 heterocycles. The molecule has 0 fully saturated rings. The molecule has 2 atom stereocenters. The molecule has 2 aromatic rings. The summed E-state index contributed by atoms with van der Waals surface area (Å²) in [6.45, 7) is 5.76. The van der Waals surface area contributed by atoms with Gasteiger partial charge < -0.3 is 15.0 Å². The van der Waals surface area contributed by atoms with Gasteiger partial charge in [-0.25, -0.2) is 4.39 Å². The third-order valence-electron chi connectivity index (χ3n) is 4.83. The monoisotopic (exact) mass is 478 g/mol. The number of nitrogens with zero attached hydrogens (tertiary/aromatic N) is 1. The summed E-state index contributed by atoms with van der Waals surface area (Å²) in [6, 6.07) is 12.4. The number of hydrogen-bond acceptors (Lipinski definition) is 3. The van der Waals surface area contributed by atoms with Crippen LogP contribution in [0.25, 0.3) is 0 Å². The summed E-state index contributed by atoms with van der Waals surface area (Å²) in [6.07, 6.45) is 1.24. The number of carbonyl (C=O) groups excluding carboxylic acids is 2. The molecule has 0 spiro atoms. The molecule has 162 valence electrons. The molecule has 0 saturated heterocycles. The van der Waals surface area contributed by atoms with Gasteiger partial charge in [0.2, 0.25) is 5.91 Å². The van der Waals surface area contributed by atoms with Crippen LogP contribution in [0.4, 0.5) is 4.39 Å². The van der Waals surface area contributed by atoms with Gasteiger partial charge in [0.05, 0.1) is 0 Å². The minimum Gasteiger partial charge on any atom is -0.484 e. The van der Waals surface area contributed by atoms with Crippen molar-refractivity contribution in [1.29, 1.82) is 0 Å². The molecule has 2 aromatic carbocycles. The fraction of sp³-hybridized carbons (Fsp3) is 0.391. The Hall–Kier alpha value is -2.41. The van der Waals surface area contributed by atoms with E-state index in [1.165, 1.54) is 17.0 Å². The van der Waals surface area contributed by atoms with Crippen LogP contribution in [0.2, 0.25) is 0 Å². The molecule has 0 aliphatic heterocycles. The van der Waals surface area contributed by atoms with Crippen molar-refractivity contribution in [2.45, 2.75) is 52.2 Å². The van der Waals surface area contributed by atoms with Crippen molar-refractivity contribution in [2.24, 2.45) is 0 Å². The molecule has 0 bridgehead atoms. The first-order valence-electron chi connectivity index (χ1n) is 10.1. The van der Waals surface area contributed by atoms with E-state index in [-0.39, 0.29) is 36.8 Å². The second-order valence-corrected chi connectivity index (χ2v) is 8.05. The summed E-state index contributed by atoms with van der Waals surface area (Å²) in [5, 5.41) is 2.95. The van der Waals surface area contributed by atoms with E-state index in [0.29, 0.717) is 12.2 Å². The normalized spacial score (nSPS) is 12.7. The maximum Gasteiger partial charge on any atom is 0.261 e. The molecule has 2 rings (SSSR count). The van der Waals surface area contributed by atoms with E-state index in [2.05, 4.69) is 21.2 Å². The molecule has 0 saturated carbocycles. The molecule has 0 radical (unpaired) electrons. The number of amides is 2. The highest BCUT2D eigenvalue weighted by Gasteiger charge is 2.29. The second-order valence-electron chi connectivity index (χ2n) is 7.13. The highest BCUT2D eigenvalue weighted by molar-refractivity contribution is 9.10. The molecule has 0 aliphatic carbocycles. The number of benzene rings is 2. The lowest BCUT2D eigenvalue weighted by Crippen LogP contribution is -2.51. The first-order chi connectivity index (χ1) is 14.3. The van der Waals surface area contributed by atoms with Crippen LogP contribution in [-0.2, 0) is 16.1 Å². The van der Waals surface area contributed by atoms with E-state index >= 15 is 0 Å². The minimum atomic E-state index is -0.648. The number of halogens is 2. The second kappa shape index (κ2) is 11.7. The predicted octanol–water partition coefficient (Wildman–Crippen LogP) is 4.69. The largest absolute Gasteiger partial charge is 0.484 e. The predicted molar refractivity (Wildman–Crippen MR) is 119 cm³/mol. The fourth-order valence-corrected chi connectivity index (χ4v) is 3.17. The minimum absolute atomic E-state index is 0.00772. The molecule has 5 nitrogen and oxygen atoms in total. The zero-order valence-corrected chi connectivity index (χ0v) is 19.1. The Kier molecular flexibility index (Phi) is 9.30. The standard InChI is InChI=1S/C23H28BrFN2O3/c1-4-16(3)26-23(29)21(5-2)27(14-17-6-10-19(25)11-7-17)22(28)15-30-20-12-8-18(24)9-13-20/h6-13,16,21H,4-5,14-15H2,1-3H3,(H,26,29)/t16-,21-/m1/s1. The van der Waals surface area contributed by atoms with Crippen LogP contribution >= 0.6 is 15.9 Å². The van der Waals surface area contributed by atoms with E-state index < -0.39 is 6.04 Å². The van der Waals surface area contributed by atoms with Crippen LogP contribution in [0.1, 0.15) is 39.2 Å². The summed E-state index contributed by atoms with van der Waals surface area (Å²) in [4.78, 5) is 27.4. The average molecular weight is 479 g/mol. The Labute approximate surface area is 185 Å². The molecule has 0 aromatic heterocycles. The van der Waals surface area contributed by atoms with Crippen molar-refractivity contribution in [2.75, 3.05) is 6.61 Å². The molecular formula is C23H28BrFN2O3. The van der Waals surface area contributed by atoms with Crippen molar-refractivity contribution in [3.8, 4) is 5.75 Å². The maximum atomic E-state index is 13.3. The van der Waals surface area contributed by atoms with Crippen LogP contribution in [-0.4, -0.2) is 35.4 Å². The van der Waals surface area contributed by atoms with Crippen molar-refractivity contribution < 1.29 is 18.7 Å². The third kappa shape index (κ3) is 7.13. The Morgan fingerprint density at radius 3 is 2.27 bits per heavy atom. The molecule has 7 heteroatoms. The SMILES string of the molecule is CC[C@@H](C)NC(=O)[C@@H](CC)N(Cc1ccc(F)cc1)C(=O)COc1ccc(Br)cc1. The zero-order valence-electron chi connectivity index (χ0n) is 17.5. The summed E-state index contributed by atoms with van der Waals surface area (Å²) in [7, 11) is 0. The van der Waals surface area contributed by atoms with E-state index in [9.17, 15) is 14.0 Å². The Morgan fingerprint density at radius 1 is 1.07 bits per heavy atom. The molecule has 2 amide bonds. The number of carbonyl (C=O) groups is 2. The van der Waals surface area contributed by atoms with Gasteiger partial charge in [-0.1, -0.05) is 41.9 Å². The zero-order chi connectivity index (χ0) is 22.1. The number of nitrogens with one attached hydrogen (secondary N) is 1. The van der Waals surface area contributed by atoms with Crippen molar-refractivity contribution >= 4 is 27.7 Å². The number of hydrogen-bond donors (Lipinski definition) is 1. The summed E-state index contributed by atoms with van der Waals surface area (Å²) in [5.41, 5.74) is 0.739. The lowest BCUT2D eigenvalue weighted by molar-refractivity contribution is -0.143. The van der Waals surface area contributed by atoms with Gasteiger partial charge in [0.25, 0.3) is 5.91 Å². The Bertz CT molecular complexity index is 827. The van der Waals surface area contributed by atoms with Crippen LogP contribution in [0.15, 0.2) is 53.0 Å². The third-order valence-corrected chi connectivity index (χ3v) is 5.36. The van der Waals surface area contributed by atoms with Crippen molar-refractivity contribution in [3.05, 3.63) is 64.4 Å². The van der Waals surface area contributed by atoms with Gasteiger partial charge in [0, 0.05) is 17.1 Å². The molecule has 0 unspecified atom stereocenters. The summed E-state index contributed by atoms with van der Waals surface area (Å²) in [5.74, 6) is -0.304. The van der Waals surface area contributed by atoms with Crippen molar-refractivity contribution in [1.82, 2.24) is 10.2 Å². The van der Waals surface area contributed by atoms with Gasteiger partial charge in [0.1, 0.15) is 17.6 Å². The van der Waals surface area contributed by atoms with Gasteiger partial charge >= 0.3 is 0 Å². The van der Waals surface area contributed by atoms with E-state index in [0.717, 1.165) is 16.5 Å². The summed E-state index contributed by atoms with van der Waals surface area (Å²) >= 11 is 3.36. The topological polar surface area (TPSA) is 58.6 Å². The van der Waals surface area contributed by atoms with Crippen LogP contribution < -0.4 is 10.1 Å². The van der Waals surface area contributed by atoms with Crippen LogP contribution in [0, 0.1) is 5.82 Å².